The van der Waals surface area contributed by atoms with Crippen molar-refractivity contribution in [3.05, 3.63) is 0 Å². The summed E-state index contributed by atoms with van der Waals surface area (Å²) < 4.78 is 5.24. The van der Waals surface area contributed by atoms with Gasteiger partial charge in [0.2, 0.25) is 0 Å². The standard InChI is InChI=1S/C7H14O2/c1-2-7(6-9-7)4-3-5-8/h8H,2-6H2,1H3. The summed E-state index contributed by atoms with van der Waals surface area (Å²) in [6, 6.07) is 0. The molecule has 0 spiro atoms. The first-order chi connectivity index (χ1) is 4.33. The van der Waals surface area contributed by atoms with E-state index in [-0.39, 0.29) is 5.60 Å². The molecule has 0 aromatic heterocycles. The van der Waals surface area contributed by atoms with Crippen molar-refractivity contribution < 1.29 is 9.84 Å². The summed E-state index contributed by atoms with van der Waals surface area (Å²) in [6.07, 6.45) is 3.00. The van der Waals surface area contributed by atoms with Gasteiger partial charge in [0.05, 0.1) is 12.2 Å². The van der Waals surface area contributed by atoms with Crippen LogP contribution in [0.2, 0.25) is 0 Å². The maximum absolute atomic E-state index is 8.50. The molecule has 1 aliphatic rings. The summed E-state index contributed by atoms with van der Waals surface area (Å²) in [7, 11) is 0. The van der Waals surface area contributed by atoms with E-state index >= 15 is 0 Å². The Hall–Kier alpha value is -0.0800. The van der Waals surface area contributed by atoms with E-state index in [4.69, 9.17) is 9.84 Å². The molecule has 1 unspecified atom stereocenters. The minimum atomic E-state index is 0.183. The van der Waals surface area contributed by atoms with Crippen molar-refractivity contribution in [1.29, 1.82) is 0 Å². The van der Waals surface area contributed by atoms with E-state index in [1.54, 1.807) is 0 Å². The van der Waals surface area contributed by atoms with Crippen LogP contribution in [-0.2, 0) is 4.74 Å². The highest BCUT2D eigenvalue weighted by Gasteiger charge is 2.41. The quantitative estimate of drug-likeness (QED) is 0.574. The Balaban J connectivity index is 2.10. The second-order valence-electron chi connectivity index (χ2n) is 2.65. The summed E-state index contributed by atoms with van der Waals surface area (Å²) >= 11 is 0. The molecular formula is C7H14O2. The molecule has 0 bridgehead atoms. The fourth-order valence-electron chi connectivity index (χ4n) is 1.03. The molecule has 1 aliphatic heterocycles. The van der Waals surface area contributed by atoms with Crippen LogP contribution < -0.4 is 0 Å². The highest BCUT2D eigenvalue weighted by atomic mass is 16.6. The zero-order valence-corrected chi connectivity index (χ0v) is 5.89. The predicted molar refractivity (Wildman–Crippen MR) is 35.3 cm³/mol. The molecule has 1 atom stereocenters. The molecule has 9 heavy (non-hydrogen) atoms. The molecule has 0 radical (unpaired) electrons. The smallest absolute Gasteiger partial charge is 0.0914 e. The van der Waals surface area contributed by atoms with E-state index in [9.17, 15) is 0 Å². The average molecular weight is 130 g/mol. The van der Waals surface area contributed by atoms with Gasteiger partial charge in [0, 0.05) is 6.61 Å². The molecule has 54 valence electrons. The number of ether oxygens (including phenoxy) is 1. The lowest BCUT2D eigenvalue weighted by atomic mass is 10.0. The SMILES string of the molecule is CCC1(CCCO)CO1. The second-order valence-corrected chi connectivity index (χ2v) is 2.65. The Kier molecular flexibility index (Phi) is 2.09. The minimum absolute atomic E-state index is 0.183. The third-order valence-electron chi connectivity index (χ3n) is 1.99. The van der Waals surface area contributed by atoms with Gasteiger partial charge in [-0.3, -0.25) is 0 Å². The number of aliphatic hydroxyl groups excluding tert-OH is 1. The van der Waals surface area contributed by atoms with Crippen molar-refractivity contribution in [2.75, 3.05) is 13.2 Å². The van der Waals surface area contributed by atoms with Crippen LogP contribution >= 0.6 is 0 Å². The first-order valence-corrected chi connectivity index (χ1v) is 3.58. The van der Waals surface area contributed by atoms with Crippen molar-refractivity contribution in [3.63, 3.8) is 0 Å². The average Bonchev–Trinajstić information content (AvgIpc) is 2.65. The van der Waals surface area contributed by atoms with Crippen molar-refractivity contribution in [2.24, 2.45) is 0 Å². The Bertz CT molecular complexity index is 86.9. The van der Waals surface area contributed by atoms with Crippen molar-refractivity contribution in [3.8, 4) is 0 Å². The highest BCUT2D eigenvalue weighted by molar-refractivity contribution is 4.89. The van der Waals surface area contributed by atoms with Gasteiger partial charge < -0.3 is 9.84 Å². The molecule has 0 aromatic rings. The van der Waals surface area contributed by atoms with Gasteiger partial charge in [-0.15, -0.1) is 0 Å². The van der Waals surface area contributed by atoms with Crippen LogP contribution in [0.3, 0.4) is 0 Å². The zero-order valence-electron chi connectivity index (χ0n) is 5.89. The van der Waals surface area contributed by atoms with Crippen LogP contribution in [0, 0.1) is 0 Å². The summed E-state index contributed by atoms with van der Waals surface area (Å²) in [5.74, 6) is 0. The van der Waals surface area contributed by atoms with E-state index in [2.05, 4.69) is 6.92 Å². The molecule has 1 fully saturated rings. The molecule has 1 N–H and O–H groups in total. The number of rotatable bonds is 4. The molecule has 0 amide bonds. The summed E-state index contributed by atoms with van der Waals surface area (Å²) in [6.45, 7) is 3.33. The lowest BCUT2D eigenvalue weighted by molar-refractivity contribution is 0.234. The lowest BCUT2D eigenvalue weighted by Crippen LogP contribution is -2.09. The maximum Gasteiger partial charge on any atom is 0.0914 e. The fourth-order valence-corrected chi connectivity index (χ4v) is 1.03. The summed E-state index contributed by atoms with van der Waals surface area (Å²) in [5.41, 5.74) is 0.183. The van der Waals surface area contributed by atoms with Crippen LogP contribution in [0.5, 0.6) is 0 Å². The van der Waals surface area contributed by atoms with E-state index in [1.165, 1.54) is 0 Å². The van der Waals surface area contributed by atoms with Crippen LogP contribution in [0.4, 0.5) is 0 Å². The van der Waals surface area contributed by atoms with E-state index in [0.717, 1.165) is 25.9 Å². The Morgan fingerprint density at radius 3 is 2.67 bits per heavy atom. The highest BCUT2D eigenvalue weighted by Crippen LogP contribution is 2.34. The molecular weight excluding hydrogens is 116 g/mol. The molecule has 2 heteroatoms. The van der Waals surface area contributed by atoms with Crippen molar-refractivity contribution in [2.45, 2.75) is 31.8 Å². The Morgan fingerprint density at radius 1 is 1.67 bits per heavy atom. The molecule has 1 saturated heterocycles. The largest absolute Gasteiger partial charge is 0.396 e. The number of hydrogen-bond donors (Lipinski definition) is 1. The number of epoxide rings is 1. The van der Waals surface area contributed by atoms with Gasteiger partial charge in [-0.1, -0.05) is 6.92 Å². The fraction of sp³-hybridized carbons (Fsp3) is 1.00. The zero-order chi connectivity index (χ0) is 6.74. The maximum atomic E-state index is 8.50. The monoisotopic (exact) mass is 130 g/mol. The molecule has 2 nitrogen and oxygen atoms in total. The lowest BCUT2D eigenvalue weighted by Gasteiger charge is -2.05. The third-order valence-corrected chi connectivity index (χ3v) is 1.99. The predicted octanol–water partition coefficient (Wildman–Crippen LogP) is 0.938. The molecule has 1 rings (SSSR count). The van der Waals surface area contributed by atoms with Gasteiger partial charge in [0.25, 0.3) is 0 Å². The van der Waals surface area contributed by atoms with Gasteiger partial charge in [-0.25, -0.2) is 0 Å². The van der Waals surface area contributed by atoms with Crippen LogP contribution in [0.15, 0.2) is 0 Å². The van der Waals surface area contributed by atoms with Crippen LogP contribution in [0.1, 0.15) is 26.2 Å². The molecule has 1 heterocycles. The van der Waals surface area contributed by atoms with E-state index in [0.29, 0.717) is 6.61 Å². The molecule has 0 saturated carbocycles. The van der Waals surface area contributed by atoms with E-state index < -0.39 is 0 Å². The first kappa shape index (κ1) is 7.03. The minimum Gasteiger partial charge on any atom is -0.396 e. The number of hydrogen-bond acceptors (Lipinski definition) is 2. The van der Waals surface area contributed by atoms with Crippen molar-refractivity contribution in [1.82, 2.24) is 0 Å². The summed E-state index contributed by atoms with van der Waals surface area (Å²) in [4.78, 5) is 0. The summed E-state index contributed by atoms with van der Waals surface area (Å²) in [5, 5.41) is 8.50. The molecule has 0 aromatic carbocycles. The number of aliphatic hydroxyl groups is 1. The first-order valence-electron chi connectivity index (χ1n) is 3.58. The second kappa shape index (κ2) is 2.67. The van der Waals surface area contributed by atoms with Gasteiger partial charge in [0.1, 0.15) is 0 Å². The third kappa shape index (κ3) is 1.66. The van der Waals surface area contributed by atoms with Gasteiger partial charge >= 0.3 is 0 Å². The normalized spacial score (nSPS) is 32.7. The van der Waals surface area contributed by atoms with E-state index in [1.807, 2.05) is 0 Å². The van der Waals surface area contributed by atoms with Crippen LogP contribution in [-0.4, -0.2) is 23.9 Å². The van der Waals surface area contributed by atoms with Crippen LogP contribution in [0.25, 0.3) is 0 Å². The Morgan fingerprint density at radius 2 is 2.33 bits per heavy atom. The van der Waals surface area contributed by atoms with Gasteiger partial charge in [-0.2, -0.15) is 0 Å². The van der Waals surface area contributed by atoms with Crippen molar-refractivity contribution >= 4 is 0 Å². The van der Waals surface area contributed by atoms with Gasteiger partial charge in [0.15, 0.2) is 0 Å². The Labute approximate surface area is 55.8 Å². The molecule has 0 aliphatic carbocycles. The topological polar surface area (TPSA) is 32.8 Å². The van der Waals surface area contributed by atoms with Gasteiger partial charge in [-0.05, 0) is 19.3 Å².